The number of nitrogens with two attached hydrogens (primary N) is 1. The molecule has 0 aromatic carbocycles. The SMILES string of the molecule is CCOP(=O)(CCC1O[C@@H](n2cnc(C(N)=O)n2)[C@H](O)[C@@H]1O)OCC. The number of rotatable bonds is 9. The molecule has 12 heteroatoms. The lowest BCUT2D eigenvalue weighted by Crippen LogP contribution is -2.32. The van der Waals surface area contributed by atoms with Crippen LogP contribution < -0.4 is 5.73 Å². The number of hydrogen-bond acceptors (Lipinski definition) is 9. The highest BCUT2D eigenvalue weighted by atomic mass is 31.2. The maximum Gasteiger partial charge on any atom is 0.330 e. The molecule has 11 nitrogen and oxygen atoms in total. The molecule has 0 radical (unpaired) electrons. The van der Waals surface area contributed by atoms with Crippen LogP contribution in [0.5, 0.6) is 0 Å². The molecule has 25 heavy (non-hydrogen) atoms. The fourth-order valence-electron chi connectivity index (χ4n) is 2.54. The van der Waals surface area contributed by atoms with Gasteiger partial charge in [0.15, 0.2) is 6.23 Å². The lowest BCUT2D eigenvalue weighted by Gasteiger charge is -2.20. The zero-order valence-electron chi connectivity index (χ0n) is 14.0. The summed E-state index contributed by atoms with van der Waals surface area (Å²) in [5, 5.41) is 24.1. The van der Waals surface area contributed by atoms with Crippen molar-refractivity contribution in [1.82, 2.24) is 14.8 Å². The maximum atomic E-state index is 12.5. The van der Waals surface area contributed by atoms with Crippen molar-refractivity contribution in [3.8, 4) is 0 Å². The fourth-order valence-corrected chi connectivity index (χ4v) is 4.23. The Balaban J connectivity index is 2.03. The number of aliphatic hydroxyl groups is 2. The van der Waals surface area contributed by atoms with E-state index in [-0.39, 0.29) is 31.6 Å². The molecule has 2 heterocycles. The average Bonchev–Trinajstić information content (AvgIpc) is 3.13. The van der Waals surface area contributed by atoms with Crippen molar-refractivity contribution in [1.29, 1.82) is 0 Å². The summed E-state index contributed by atoms with van der Waals surface area (Å²) in [5.41, 5.74) is 5.08. The first-order chi connectivity index (χ1) is 11.8. The highest BCUT2D eigenvalue weighted by Crippen LogP contribution is 2.49. The molecule has 0 spiro atoms. The standard InChI is InChI=1S/C13H23N4O7P/c1-3-22-25(21,23-4-2)6-5-8-9(18)10(19)13(24-8)17-7-15-12(16-17)11(14)20/h7-10,13,18-19H,3-6H2,1-2H3,(H2,14,20)/t8?,9-,10-,13-/m1/s1. The molecular weight excluding hydrogens is 355 g/mol. The summed E-state index contributed by atoms with van der Waals surface area (Å²) in [6.45, 7) is 3.86. The van der Waals surface area contributed by atoms with Crippen LogP contribution in [-0.2, 0) is 18.3 Å². The second-order valence-electron chi connectivity index (χ2n) is 5.42. The van der Waals surface area contributed by atoms with E-state index in [1.807, 2.05) is 0 Å². The van der Waals surface area contributed by atoms with Crippen molar-refractivity contribution in [2.24, 2.45) is 5.73 Å². The maximum absolute atomic E-state index is 12.5. The molecule has 142 valence electrons. The van der Waals surface area contributed by atoms with E-state index in [0.717, 1.165) is 4.68 Å². The van der Waals surface area contributed by atoms with E-state index in [9.17, 15) is 19.6 Å². The van der Waals surface area contributed by atoms with Crippen LogP contribution in [0.15, 0.2) is 6.33 Å². The van der Waals surface area contributed by atoms with E-state index in [0.29, 0.717) is 0 Å². The Morgan fingerprint density at radius 1 is 1.36 bits per heavy atom. The molecule has 2 rings (SSSR count). The smallest absolute Gasteiger partial charge is 0.330 e. The molecule has 1 amide bonds. The number of carbonyl (C=O) groups excluding carboxylic acids is 1. The molecule has 0 bridgehead atoms. The average molecular weight is 378 g/mol. The van der Waals surface area contributed by atoms with Gasteiger partial charge in [-0.1, -0.05) is 0 Å². The van der Waals surface area contributed by atoms with Crippen LogP contribution in [0.2, 0.25) is 0 Å². The molecule has 1 unspecified atom stereocenters. The molecule has 1 aromatic rings. The van der Waals surface area contributed by atoms with Gasteiger partial charge in [-0.25, -0.2) is 9.67 Å². The van der Waals surface area contributed by atoms with E-state index in [1.54, 1.807) is 13.8 Å². The first-order valence-electron chi connectivity index (χ1n) is 7.92. The summed E-state index contributed by atoms with van der Waals surface area (Å²) in [4.78, 5) is 14.7. The van der Waals surface area contributed by atoms with Gasteiger partial charge < -0.3 is 29.7 Å². The Labute approximate surface area is 144 Å². The molecular formula is C13H23N4O7P. The molecule has 1 aromatic heterocycles. The third-order valence-corrected chi connectivity index (χ3v) is 5.78. The third-order valence-electron chi connectivity index (χ3n) is 3.67. The molecule has 0 saturated carbocycles. The summed E-state index contributed by atoms with van der Waals surface area (Å²) in [6, 6.07) is 0. The minimum absolute atomic E-state index is 0.0275. The monoisotopic (exact) mass is 378 g/mol. The van der Waals surface area contributed by atoms with Crippen molar-refractivity contribution in [3.63, 3.8) is 0 Å². The summed E-state index contributed by atoms with van der Waals surface area (Å²) in [6.07, 6.45) is -3.04. The highest BCUT2D eigenvalue weighted by molar-refractivity contribution is 7.53. The van der Waals surface area contributed by atoms with Gasteiger partial charge in [0.2, 0.25) is 5.82 Å². The Morgan fingerprint density at radius 2 is 2.00 bits per heavy atom. The number of nitrogens with zero attached hydrogens (tertiary/aromatic N) is 3. The van der Waals surface area contributed by atoms with E-state index in [1.165, 1.54) is 6.33 Å². The Bertz CT molecular complexity index is 630. The van der Waals surface area contributed by atoms with Crippen molar-refractivity contribution in [2.45, 2.75) is 44.8 Å². The van der Waals surface area contributed by atoms with Crippen LogP contribution >= 0.6 is 7.60 Å². The van der Waals surface area contributed by atoms with Crippen molar-refractivity contribution in [2.75, 3.05) is 19.4 Å². The van der Waals surface area contributed by atoms with Gasteiger partial charge in [0.25, 0.3) is 5.91 Å². The molecule has 4 N–H and O–H groups in total. The van der Waals surface area contributed by atoms with Gasteiger partial charge >= 0.3 is 7.60 Å². The molecule has 1 aliphatic heterocycles. The summed E-state index contributed by atoms with van der Waals surface area (Å²) in [5.74, 6) is -1.05. The first-order valence-corrected chi connectivity index (χ1v) is 9.64. The van der Waals surface area contributed by atoms with Crippen molar-refractivity contribution >= 4 is 13.5 Å². The second kappa shape index (κ2) is 8.35. The Kier molecular flexibility index (Phi) is 6.66. The van der Waals surface area contributed by atoms with Crippen molar-refractivity contribution < 1.29 is 33.4 Å². The van der Waals surface area contributed by atoms with Gasteiger partial charge in [-0.3, -0.25) is 9.36 Å². The molecule has 1 fully saturated rings. The minimum atomic E-state index is -3.29. The van der Waals surface area contributed by atoms with Crippen molar-refractivity contribution in [3.05, 3.63) is 12.2 Å². The first kappa shape index (κ1) is 20.0. The number of carbonyl (C=O) groups is 1. The van der Waals surface area contributed by atoms with Crippen LogP contribution in [0, 0.1) is 0 Å². The van der Waals surface area contributed by atoms with E-state index >= 15 is 0 Å². The third kappa shape index (κ3) is 4.63. The summed E-state index contributed by atoms with van der Waals surface area (Å²) >= 11 is 0. The predicted molar refractivity (Wildman–Crippen MR) is 84.8 cm³/mol. The number of ether oxygens (including phenoxy) is 1. The van der Waals surface area contributed by atoms with Crippen LogP contribution in [-0.4, -0.2) is 68.6 Å². The number of aliphatic hydroxyl groups excluding tert-OH is 2. The molecule has 1 aliphatic rings. The normalized spacial score (nSPS) is 26.9. The lowest BCUT2D eigenvalue weighted by molar-refractivity contribution is -0.0453. The highest BCUT2D eigenvalue weighted by Gasteiger charge is 2.45. The van der Waals surface area contributed by atoms with Gasteiger partial charge in [-0.15, -0.1) is 5.10 Å². The van der Waals surface area contributed by atoms with Crippen LogP contribution in [0.4, 0.5) is 0 Å². The second-order valence-corrected chi connectivity index (χ2v) is 7.60. The molecule has 0 aliphatic carbocycles. The van der Waals surface area contributed by atoms with Gasteiger partial charge in [-0.05, 0) is 20.3 Å². The van der Waals surface area contributed by atoms with E-state index in [2.05, 4.69) is 10.1 Å². The lowest BCUT2D eigenvalue weighted by atomic mass is 10.1. The number of primary amides is 1. The fraction of sp³-hybridized carbons (Fsp3) is 0.769. The van der Waals surface area contributed by atoms with Gasteiger partial charge in [-0.2, -0.15) is 0 Å². The van der Waals surface area contributed by atoms with Crippen LogP contribution in [0.1, 0.15) is 37.1 Å². The van der Waals surface area contributed by atoms with Gasteiger partial charge in [0, 0.05) is 0 Å². The van der Waals surface area contributed by atoms with E-state index in [4.69, 9.17) is 19.5 Å². The molecule has 1 saturated heterocycles. The minimum Gasteiger partial charge on any atom is -0.388 e. The van der Waals surface area contributed by atoms with Gasteiger partial charge in [0.05, 0.1) is 25.5 Å². The quantitative estimate of drug-likeness (QED) is 0.488. The number of aromatic nitrogens is 3. The largest absolute Gasteiger partial charge is 0.388 e. The molecule has 4 atom stereocenters. The summed E-state index contributed by atoms with van der Waals surface area (Å²) in [7, 11) is -3.29. The number of hydrogen-bond donors (Lipinski definition) is 3. The van der Waals surface area contributed by atoms with Gasteiger partial charge in [0.1, 0.15) is 18.5 Å². The zero-order chi connectivity index (χ0) is 18.6. The van der Waals surface area contributed by atoms with E-state index < -0.39 is 38.0 Å². The topological polar surface area (TPSA) is 159 Å². The zero-order valence-corrected chi connectivity index (χ0v) is 14.9. The number of amides is 1. The predicted octanol–water partition coefficient (Wildman–Crippen LogP) is -0.348. The summed E-state index contributed by atoms with van der Waals surface area (Å²) < 4.78 is 29.5. The van der Waals surface area contributed by atoms with Crippen LogP contribution in [0.25, 0.3) is 0 Å². The van der Waals surface area contributed by atoms with Crippen LogP contribution in [0.3, 0.4) is 0 Å². The Hall–Kier alpha value is -1.36. The Morgan fingerprint density at radius 3 is 2.52 bits per heavy atom.